The molecule has 1 atom stereocenters. The predicted molar refractivity (Wildman–Crippen MR) is 57.6 cm³/mol. The van der Waals surface area contributed by atoms with Gasteiger partial charge in [0.1, 0.15) is 0 Å². The molecule has 1 aromatic heterocycles. The van der Waals surface area contributed by atoms with E-state index in [-0.39, 0.29) is 0 Å². The van der Waals surface area contributed by atoms with Gasteiger partial charge < -0.3 is 5.32 Å². The Kier molecular flexibility index (Phi) is 3.93. The van der Waals surface area contributed by atoms with Crippen molar-refractivity contribution in [1.29, 1.82) is 0 Å². The van der Waals surface area contributed by atoms with Crippen molar-refractivity contribution in [3.05, 3.63) is 16.4 Å². The maximum Gasteiger partial charge on any atom is 0.0692 e. The Bertz CT molecular complexity index is 250. The first-order valence-corrected chi connectivity index (χ1v) is 5.34. The number of halogens is 1. The molecule has 3 nitrogen and oxygen atoms in total. The second kappa shape index (κ2) is 4.77. The quantitative estimate of drug-likeness (QED) is 0.882. The lowest BCUT2D eigenvalue weighted by atomic mass is 10.1. The number of hydrogen-bond acceptors (Lipinski definition) is 2. The number of nitrogens with zero attached hydrogens (tertiary/aromatic N) is 2. The zero-order valence-electron chi connectivity index (χ0n) is 8.34. The van der Waals surface area contributed by atoms with Crippen LogP contribution in [0.5, 0.6) is 0 Å². The zero-order chi connectivity index (χ0) is 9.84. The molecule has 74 valence electrons. The molecule has 0 amide bonds. The van der Waals surface area contributed by atoms with Gasteiger partial charge in [0.25, 0.3) is 0 Å². The average molecular weight is 246 g/mol. The fraction of sp³-hybridized carbons (Fsp3) is 0.667. The van der Waals surface area contributed by atoms with Gasteiger partial charge in [-0.2, -0.15) is 5.10 Å². The van der Waals surface area contributed by atoms with Crippen LogP contribution in [0.15, 0.2) is 10.7 Å². The fourth-order valence-electron chi connectivity index (χ4n) is 1.52. The van der Waals surface area contributed by atoms with E-state index in [2.05, 4.69) is 33.3 Å². The van der Waals surface area contributed by atoms with E-state index in [1.54, 1.807) is 0 Å². The Morgan fingerprint density at radius 1 is 1.69 bits per heavy atom. The molecule has 0 aromatic carbocycles. The van der Waals surface area contributed by atoms with E-state index in [0.29, 0.717) is 6.04 Å². The lowest BCUT2D eigenvalue weighted by Crippen LogP contribution is -2.19. The van der Waals surface area contributed by atoms with Crippen molar-refractivity contribution in [3.8, 4) is 0 Å². The number of hydrogen-bond donors (Lipinski definition) is 1. The van der Waals surface area contributed by atoms with Crippen molar-refractivity contribution in [2.45, 2.75) is 25.8 Å². The van der Waals surface area contributed by atoms with Crippen LogP contribution in [0.2, 0.25) is 0 Å². The van der Waals surface area contributed by atoms with Gasteiger partial charge in [0.15, 0.2) is 0 Å². The van der Waals surface area contributed by atoms with Gasteiger partial charge in [-0.25, -0.2) is 0 Å². The van der Waals surface area contributed by atoms with E-state index < -0.39 is 0 Å². The number of aryl methyl sites for hydroxylation is 1. The highest BCUT2D eigenvalue weighted by Crippen LogP contribution is 2.25. The Balaban J connectivity index is 2.89. The first kappa shape index (κ1) is 10.7. The monoisotopic (exact) mass is 245 g/mol. The van der Waals surface area contributed by atoms with Crippen LogP contribution in [0.1, 0.15) is 31.5 Å². The van der Waals surface area contributed by atoms with Crippen molar-refractivity contribution in [1.82, 2.24) is 15.1 Å². The third-order valence-electron chi connectivity index (χ3n) is 2.19. The Labute approximate surface area is 87.6 Å². The molecule has 1 rings (SSSR count). The van der Waals surface area contributed by atoms with E-state index >= 15 is 0 Å². The summed E-state index contributed by atoms with van der Waals surface area (Å²) in [7, 11) is 3.96. The molecule has 0 aliphatic rings. The van der Waals surface area contributed by atoms with Crippen LogP contribution < -0.4 is 5.32 Å². The van der Waals surface area contributed by atoms with Crippen LogP contribution in [-0.4, -0.2) is 16.8 Å². The molecule has 0 saturated heterocycles. The normalized spacial score (nSPS) is 13.2. The zero-order valence-corrected chi connectivity index (χ0v) is 9.93. The van der Waals surface area contributed by atoms with E-state index in [4.69, 9.17) is 0 Å². The lowest BCUT2D eigenvalue weighted by molar-refractivity contribution is 0.499. The third-order valence-corrected chi connectivity index (χ3v) is 2.80. The topological polar surface area (TPSA) is 29.9 Å². The molecule has 1 aromatic rings. The van der Waals surface area contributed by atoms with Gasteiger partial charge >= 0.3 is 0 Å². The van der Waals surface area contributed by atoms with Gasteiger partial charge in [-0.3, -0.25) is 4.68 Å². The summed E-state index contributed by atoms with van der Waals surface area (Å²) in [5.74, 6) is 0. The molecular formula is C9H16BrN3. The summed E-state index contributed by atoms with van der Waals surface area (Å²) < 4.78 is 3.00. The second-order valence-electron chi connectivity index (χ2n) is 3.13. The van der Waals surface area contributed by atoms with Crippen LogP contribution in [0, 0.1) is 0 Å². The molecule has 0 aliphatic heterocycles. The van der Waals surface area contributed by atoms with Gasteiger partial charge in [0.2, 0.25) is 0 Å². The largest absolute Gasteiger partial charge is 0.312 e. The SMILES string of the molecule is CCCC(NC)c1c(Br)cnn1C. The Morgan fingerprint density at radius 3 is 2.77 bits per heavy atom. The van der Waals surface area contributed by atoms with Crippen LogP contribution in [-0.2, 0) is 7.05 Å². The summed E-state index contributed by atoms with van der Waals surface area (Å²) in [5, 5.41) is 7.49. The van der Waals surface area contributed by atoms with Crippen molar-refractivity contribution in [3.63, 3.8) is 0 Å². The molecule has 13 heavy (non-hydrogen) atoms. The maximum absolute atomic E-state index is 4.20. The smallest absolute Gasteiger partial charge is 0.0692 e. The predicted octanol–water partition coefficient (Wildman–Crippen LogP) is 2.24. The van der Waals surface area contributed by atoms with E-state index in [1.165, 1.54) is 12.1 Å². The van der Waals surface area contributed by atoms with E-state index in [1.807, 2.05) is 25.0 Å². The fourth-order valence-corrected chi connectivity index (χ4v) is 2.14. The summed E-state index contributed by atoms with van der Waals surface area (Å²) in [5.41, 5.74) is 1.23. The van der Waals surface area contributed by atoms with Crippen LogP contribution >= 0.6 is 15.9 Å². The van der Waals surface area contributed by atoms with Crippen LogP contribution in [0.25, 0.3) is 0 Å². The minimum Gasteiger partial charge on any atom is -0.312 e. The molecule has 0 fully saturated rings. The highest BCUT2D eigenvalue weighted by Gasteiger charge is 2.15. The highest BCUT2D eigenvalue weighted by molar-refractivity contribution is 9.10. The first-order chi connectivity index (χ1) is 6.20. The van der Waals surface area contributed by atoms with Crippen molar-refractivity contribution < 1.29 is 0 Å². The van der Waals surface area contributed by atoms with Gasteiger partial charge in [0, 0.05) is 7.05 Å². The van der Waals surface area contributed by atoms with Crippen LogP contribution in [0.3, 0.4) is 0 Å². The van der Waals surface area contributed by atoms with Crippen molar-refractivity contribution in [2.24, 2.45) is 7.05 Å². The van der Waals surface area contributed by atoms with Gasteiger partial charge in [0.05, 0.1) is 22.4 Å². The molecule has 1 N–H and O–H groups in total. The summed E-state index contributed by atoms with van der Waals surface area (Å²) in [6, 6.07) is 0.395. The molecule has 1 unspecified atom stereocenters. The van der Waals surface area contributed by atoms with E-state index in [9.17, 15) is 0 Å². The van der Waals surface area contributed by atoms with Gasteiger partial charge in [-0.15, -0.1) is 0 Å². The molecule has 4 heteroatoms. The molecule has 0 saturated carbocycles. The molecular weight excluding hydrogens is 230 g/mol. The minimum atomic E-state index is 0.395. The third kappa shape index (κ3) is 2.31. The van der Waals surface area contributed by atoms with E-state index in [0.717, 1.165) is 10.9 Å². The summed E-state index contributed by atoms with van der Waals surface area (Å²) in [4.78, 5) is 0. The molecule has 1 heterocycles. The summed E-state index contributed by atoms with van der Waals surface area (Å²) >= 11 is 3.51. The van der Waals surface area contributed by atoms with Crippen molar-refractivity contribution in [2.75, 3.05) is 7.05 Å². The molecule has 0 radical (unpaired) electrons. The number of aromatic nitrogens is 2. The second-order valence-corrected chi connectivity index (χ2v) is 3.99. The molecule has 0 spiro atoms. The number of nitrogens with one attached hydrogen (secondary N) is 1. The average Bonchev–Trinajstić information content (AvgIpc) is 2.43. The Hall–Kier alpha value is -0.350. The number of rotatable bonds is 4. The lowest BCUT2D eigenvalue weighted by Gasteiger charge is -2.16. The Morgan fingerprint density at radius 2 is 2.38 bits per heavy atom. The highest BCUT2D eigenvalue weighted by atomic mass is 79.9. The molecule has 0 aliphatic carbocycles. The van der Waals surface area contributed by atoms with Gasteiger partial charge in [-0.1, -0.05) is 13.3 Å². The standard InChI is InChI=1S/C9H16BrN3/c1-4-5-8(11-2)9-7(10)6-12-13(9)3/h6,8,11H,4-5H2,1-3H3. The summed E-state index contributed by atoms with van der Waals surface area (Å²) in [6.45, 7) is 2.19. The summed E-state index contributed by atoms with van der Waals surface area (Å²) in [6.07, 6.45) is 4.15. The van der Waals surface area contributed by atoms with Gasteiger partial charge in [-0.05, 0) is 29.4 Å². The van der Waals surface area contributed by atoms with Crippen LogP contribution in [0.4, 0.5) is 0 Å². The first-order valence-electron chi connectivity index (χ1n) is 4.55. The molecule has 0 bridgehead atoms. The van der Waals surface area contributed by atoms with Crippen molar-refractivity contribution >= 4 is 15.9 Å². The minimum absolute atomic E-state index is 0.395. The maximum atomic E-state index is 4.20.